The number of ether oxygens (including phenoxy) is 2. The van der Waals surface area contributed by atoms with Crippen LogP contribution in [0.15, 0.2) is 48.5 Å². The number of benzene rings is 2. The second-order valence-electron chi connectivity index (χ2n) is 5.28. The van der Waals surface area contributed by atoms with Crippen LogP contribution in [0.1, 0.15) is 17.5 Å². The van der Waals surface area contributed by atoms with Gasteiger partial charge in [-0.05, 0) is 29.5 Å². The van der Waals surface area contributed by atoms with E-state index >= 15 is 0 Å². The zero-order chi connectivity index (χ0) is 17.2. The number of carbonyl (C=O) groups excluding carboxylic acids is 1. The molecule has 2 aromatic carbocycles. The van der Waals surface area contributed by atoms with Crippen LogP contribution in [0.2, 0.25) is 0 Å². The molecule has 2 aromatic rings. The van der Waals surface area contributed by atoms with Crippen LogP contribution in [0.25, 0.3) is 0 Å². The van der Waals surface area contributed by atoms with Crippen LogP contribution in [0.4, 0.5) is 0 Å². The summed E-state index contributed by atoms with van der Waals surface area (Å²) < 4.78 is 11.2. The van der Waals surface area contributed by atoms with Gasteiger partial charge in [-0.25, -0.2) is 0 Å². The van der Waals surface area contributed by atoms with Gasteiger partial charge < -0.3 is 14.8 Å². The van der Waals surface area contributed by atoms with Gasteiger partial charge in [-0.1, -0.05) is 36.4 Å². The summed E-state index contributed by atoms with van der Waals surface area (Å²) in [6.07, 6.45) is 2.53. The molecule has 128 valence electrons. The fourth-order valence-electron chi connectivity index (χ4n) is 2.16. The van der Waals surface area contributed by atoms with Gasteiger partial charge in [0.2, 0.25) is 5.91 Å². The molecule has 1 N–H and O–H groups in total. The van der Waals surface area contributed by atoms with Crippen LogP contribution >= 0.6 is 11.8 Å². The van der Waals surface area contributed by atoms with Crippen LogP contribution in [0.3, 0.4) is 0 Å². The predicted octanol–water partition coefficient (Wildman–Crippen LogP) is 3.64. The van der Waals surface area contributed by atoms with E-state index in [1.807, 2.05) is 54.8 Å². The third-order valence-corrected chi connectivity index (χ3v) is 4.10. The number of rotatable bonds is 9. The van der Waals surface area contributed by atoms with E-state index in [2.05, 4.69) is 5.32 Å². The number of thioether (sulfide) groups is 1. The molecule has 5 heteroatoms. The first-order valence-electron chi connectivity index (χ1n) is 7.82. The molecule has 2 rings (SSSR count). The Bertz CT molecular complexity index is 646. The first-order chi connectivity index (χ1) is 11.7. The lowest BCUT2D eigenvalue weighted by atomic mass is 10.2. The quantitative estimate of drug-likeness (QED) is 0.754. The molecule has 0 radical (unpaired) electrons. The Balaban J connectivity index is 1.93. The van der Waals surface area contributed by atoms with Gasteiger partial charge in [-0.2, -0.15) is 11.8 Å². The smallest absolute Gasteiger partial charge is 0.221 e. The molecule has 0 unspecified atom stereocenters. The van der Waals surface area contributed by atoms with Crippen molar-refractivity contribution in [3.63, 3.8) is 0 Å². The summed E-state index contributed by atoms with van der Waals surface area (Å²) in [5.74, 6) is 2.26. The maximum absolute atomic E-state index is 11.7. The van der Waals surface area contributed by atoms with Gasteiger partial charge in [0, 0.05) is 18.7 Å². The molecule has 0 saturated heterocycles. The normalized spacial score (nSPS) is 10.2. The van der Waals surface area contributed by atoms with Crippen molar-refractivity contribution in [2.24, 2.45) is 0 Å². The maximum Gasteiger partial charge on any atom is 0.221 e. The number of methoxy groups -OCH3 is 1. The molecule has 0 aromatic heterocycles. The second-order valence-corrected chi connectivity index (χ2v) is 6.26. The molecule has 0 aliphatic rings. The standard InChI is InChI=1S/C19H23NO3S/c1-22-18-12-16(13-20-19(21)10-11-24-2)8-9-17(18)23-14-15-6-4-3-5-7-15/h3-9,12H,10-11,13-14H2,1-2H3,(H,20,21). The highest BCUT2D eigenvalue weighted by Crippen LogP contribution is 2.28. The Morgan fingerprint density at radius 2 is 1.88 bits per heavy atom. The largest absolute Gasteiger partial charge is 0.493 e. The fourth-order valence-corrected chi connectivity index (χ4v) is 2.55. The molecular formula is C19H23NO3S. The Morgan fingerprint density at radius 3 is 2.58 bits per heavy atom. The van der Waals surface area contributed by atoms with E-state index in [9.17, 15) is 4.79 Å². The van der Waals surface area contributed by atoms with Gasteiger partial charge in [-0.15, -0.1) is 0 Å². The molecule has 0 aliphatic heterocycles. The van der Waals surface area contributed by atoms with Crippen molar-refractivity contribution in [3.05, 3.63) is 59.7 Å². The van der Waals surface area contributed by atoms with Crippen molar-refractivity contribution in [1.82, 2.24) is 5.32 Å². The van der Waals surface area contributed by atoms with E-state index in [0.717, 1.165) is 16.9 Å². The van der Waals surface area contributed by atoms with Crippen LogP contribution in [0, 0.1) is 0 Å². The van der Waals surface area contributed by atoms with Crippen molar-refractivity contribution in [3.8, 4) is 11.5 Å². The molecule has 4 nitrogen and oxygen atoms in total. The lowest BCUT2D eigenvalue weighted by Crippen LogP contribution is -2.22. The second kappa shape index (κ2) is 9.88. The Morgan fingerprint density at radius 1 is 1.08 bits per heavy atom. The van der Waals surface area contributed by atoms with Gasteiger partial charge in [0.05, 0.1) is 7.11 Å². The third-order valence-electron chi connectivity index (χ3n) is 3.49. The maximum atomic E-state index is 11.7. The van der Waals surface area contributed by atoms with E-state index in [0.29, 0.717) is 31.1 Å². The summed E-state index contributed by atoms with van der Waals surface area (Å²) in [5, 5.41) is 2.91. The van der Waals surface area contributed by atoms with Crippen molar-refractivity contribution in [2.45, 2.75) is 19.6 Å². The van der Waals surface area contributed by atoms with Gasteiger partial charge in [0.25, 0.3) is 0 Å². The Kier molecular flexibility index (Phi) is 7.49. The van der Waals surface area contributed by atoms with E-state index in [-0.39, 0.29) is 5.91 Å². The van der Waals surface area contributed by atoms with Crippen molar-refractivity contribution < 1.29 is 14.3 Å². The van der Waals surface area contributed by atoms with Crippen molar-refractivity contribution in [2.75, 3.05) is 19.1 Å². The Hall–Kier alpha value is -2.14. The van der Waals surface area contributed by atoms with Gasteiger partial charge in [-0.3, -0.25) is 4.79 Å². The number of hydrogen-bond donors (Lipinski definition) is 1. The highest BCUT2D eigenvalue weighted by molar-refractivity contribution is 7.98. The van der Waals surface area contributed by atoms with Crippen LogP contribution in [0.5, 0.6) is 11.5 Å². The molecule has 0 bridgehead atoms. The van der Waals surface area contributed by atoms with Gasteiger partial charge >= 0.3 is 0 Å². The van der Waals surface area contributed by atoms with Crippen LogP contribution in [-0.2, 0) is 17.9 Å². The van der Waals surface area contributed by atoms with Crippen LogP contribution in [-0.4, -0.2) is 25.0 Å². The summed E-state index contributed by atoms with van der Waals surface area (Å²) in [6, 6.07) is 15.7. The molecule has 0 aliphatic carbocycles. The number of hydrogen-bond acceptors (Lipinski definition) is 4. The molecule has 24 heavy (non-hydrogen) atoms. The highest BCUT2D eigenvalue weighted by atomic mass is 32.2. The SMILES string of the molecule is COc1cc(CNC(=O)CCSC)ccc1OCc1ccccc1. The number of nitrogens with one attached hydrogen (secondary N) is 1. The molecule has 0 heterocycles. The fraction of sp³-hybridized carbons (Fsp3) is 0.316. The minimum absolute atomic E-state index is 0.0627. The average Bonchev–Trinajstić information content (AvgIpc) is 2.64. The first-order valence-corrected chi connectivity index (χ1v) is 9.21. The first kappa shape index (κ1) is 18.2. The molecular weight excluding hydrogens is 322 g/mol. The monoisotopic (exact) mass is 345 g/mol. The third kappa shape index (κ3) is 5.81. The van der Waals surface area contributed by atoms with E-state index in [1.54, 1.807) is 18.9 Å². The minimum atomic E-state index is 0.0627. The lowest BCUT2D eigenvalue weighted by Gasteiger charge is -2.13. The van der Waals surface area contributed by atoms with E-state index in [4.69, 9.17) is 9.47 Å². The molecule has 1 amide bonds. The van der Waals surface area contributed by atoms with Gasteiger partial charge in [0.1, 0.15) is 6.61 Å². The summed E-state index contributed by atoms with van der Waals surface area (Å²) in [4.78, 5) is 11.7. The number of carbonyl (C=O) groups is 1. The minimum Gasteiger partial charge on any atom is -0.493 e. The molecule has 0 atom stereocenters. The zero-order valence-electron chi connectivity index (χ0n) is 14.1. The van der Waals surface area contributed by atoms with Gasteiger partial charge in [0.15, 0.2) is 11.5 Å². The van der Waals surface area contributed by atoms with E-state index < -0.39 is 0 Å². The predicted molar refractivity (Wildman–Crippen MR) is 98.6 cm³/mol. The average molecular weight is 345 g/mol. The topological polar surface area (TPSA) is 47.6 Å². The molecule has 0 fully saturated rings. The molecule has 0 saturated carbocycles. The summed E-state index contributed by atoms with van der Waals surface area (Å²) in [7, 11) is 1.62. The summed E-state index contributed by atoms with van der Waals surface area (Å²) >= 11 is 1.67. The summed E-state index contributed by atoms with van der Waals surface area (Å²) in [6.45, 7) is 0.977. The summed E-state index contributed by atoms with van der Waals surface area (Å²) in [5.41, 5.74) is 2.08. The number of amides is 1. The van der Waals surface area contributed by atoms with Crippen molar-refractivity contribution in [1.29, 1.82) is 0 Å². The Labute approximate surface area is 147 Å². The molecule has 0 spiro atoms. The highest BCUT2D eigenvalue weighted by Gasteiger charge is 2.07. The van der Waals surface area contributed by atoms with Crippen LogP contribution < -0.4 is 14.8 Å². The van der Waals surface area contributed by atoms with E-state index in [1.165, 1.54) is 0 Å². The lowest BCUT2D eigenvalue weighted by molar-refractivity contribution is -0.120. The van der Waals surface area contributed by atoms with Crippen molar-refractivity contribution >= 4 is 17.7 Å². The zero-order valence-corrected chi connectivity index (χ0v) is 14.9.